The minimum atomic E-state index is 0.457. The minimum Gasteiger partial charge on any atom is -0.478 e. The second kappa shape index (κ2) is 5.74. The topological polar surface area (TPSA) is 47.5 Å². The van der Waals surface area contributed by atoms with E-state index >= 15 is 0 Å². The molecule has 0 aliphatic carbocycles. The standard InChI is InChI=1S/C14H21N3O2/c1-2-18-14-8-13(15-10-16-14)17-6-5-12-11(9-17)4-3-7-19-12/h8,10-12H,2-7,9H2,1H3. The molecule has 5 heteroatoms. The maximum absolute atomic E-state index is 5.84. The molecule has 2 saturated heterocycles. The number of anilines is 1. The number of piperidine rings is 1. The molecule has 0 aromatic carbocycles. The lowest BCUT2D eigenvalue weighted by Gasteiger charge is -2.41. The first-order chi connectivity index (χ1) is 9.36. The average Bonchev–Trinajstić information content (AvgIpc) is 2.47. The van der Waals surface area contributed by atoms with Crippen molar-refractivity contribution >= 4 is 5.82 Å². The van der Waals surface area contributed by atoms with Crippen molar-refractivity contribution in [2.24, 2.45) is 5.92 Å². The van der Waals surface area contributed by atoms with E-state index in [2.05, 4.69) is 14.9 Å². The molecule has 0 radical (unpaired) electrons. The zero-order valence-corrected chi connectivity index (χ0v) is 11.4. The third kappa shape index (κ3) is 2.81. The SMILES string of the molecule is CCOc1cc(N2CCC3OCCCC3C2)ncn1. The molecule has 3 rings (SSSR count). The van der Waals surface area contributed by atoms with E-state index in [1.165, 1.54) is 12.8 Å². The average molecular weight is 263 g/mol. The molecule has 2 unspecified atom stereocenters. The van der Waals surface area contributed by atoms with Crippen LogP contribution in [0.5, 0.6) is 5.88 Å². The maximum atomic E-state index is 5.84. The van der Waals surface area contributed by atoms with Gasteiger partial charge < -0.3 is 14.4 Å². The maximum Gasteiger partial charge on any atom is 0.218 e. The first-order valence-corrected chi connectivity index (χ1v) is 7.18. The molecule has 1 aromatic heterocycles. The van der Waals surface area contributed by atoms with Crippen LogP contribution in [0.1, 0.15) is 26.2 Å². The van der Waals surface area contributed by atoms with Gasteiger partial charge in [-0.2, -0.15) is 0 Å². The lowest BCUT2D eigenvalue weighted by atomic mass is 9.88. The molecule has 0 N–H and O–H groups in total. The van der Waals surface area contributed by atoms with Crippen LogP contribution in [0.25, 0.3) is 0 Å². The van der Waals surface area contributed by atoms with Crippen molar-refractivity contribution in [2.45, 2.75) is 32.3 Å². The minimum absolute atomic E-state index is 0.457. The van der Waals surface area contributed by atoms with Gasteiger partial charge in [0, 0.05) is 31.7 Å². The van der Waals surface area contributed by atoms with Gasteiger partial charge >= 0.3 is 0 Å². The molecule has 0 bridgehead atoms. The van der Waals surface area contributed by atoms with Crippen LogP contribution in [0, 0.1) is 5.92 Å². The molecule has 3 heterocycles. The van der Waals surface area contributed by atoms with Crippen LogP contribution in [0.15, 0.2) is 12.4 Å². The van der Waals surface area contributed by atoms with E-state index in [-0.39, 0.29) is 0 Å². The Kier molecular flexibility index (Phi) is 3.82. The molecule has 104 valence electrons. The monoisotopic (exact) mass is 263 g/mol. The largest absolute Gasteiger partial charge is 0.478 e. The summed E-state index contributed by atoms with van der Waals surface area (Å²) >= 11 is 0. The highest BCUT2D eigenvalue weighted by molar-refractivity contribution is 5.41. The number of ether oxygens (including phenoxy) is 2. The molecule has 2 aliphatic rings. The second-order valence-electron chi connectivity index (χ2n) is 5.19. The molecule has 2 fully saturated rings. The number of hydrogen-bond donors (Lipinski definition) is 0. The molecule has 2 atom stereocenters. The number of rotatable bonds is 3. The summed E-state index contributed by atoms with van der Waals surface area (Å²) in [5, 5.41) is 0. The van der Waals surface area contributed by atoms with Gasteiger partial charge in [-0.25, -0.2) is 9.97 Å². The Labute approximate surface area is 113 Å². The van der Waals surface area contributed by atoms with Crippen molar-refractivity contribution in [3.05, 3.63) is 12.4 Å². The fourth-order valence-corrected chi connectivity index (χ4v) is 3.03. The molecule has 0 amide bonds. The molecule has 5 nitrogen and oxygen atoms in total. The van der Waals surface area contributed by atoms with Crippen molar-refractivity contribution < 1.29 is 9.47 Å². The highest BCUT2D eigenvalue weighted by Gasteiger charge is 2.32. The van der Waals surface area contributed by atoms with Crippen LogP contribution in [0.3, 0.4) is 0 Å². The van der Waals surface area contributed by atoms with Gasteiger partial charge in [0.05, 0.1) is 12.7 Å². The van der Waals surface area contributed by atoms with Crippen molar-refractivity contribution in [2.75, 3.05) is 31.2 Å². The van der Waals surface area contributed by atoms with Gasteiger partial charge in [-0.1, -0.05) is 0 Å². The molecule has 1 aromatic rings. The van der Waals surface area contributed by atoms with Gasteiger partial charge in [0.25, 0.3) is 0 Å². The predicted octanol–water partition coefficient (Wildman–Crippen LogP) is 1.88. The summed E-state index contributed by atoms with van der Waals surface area (Å²) in [4.78, 5) is 10.8. The zero-order valence-electron chi connectivity index (χ0n) is 11.4. The second-order valence-corrected chi connectivity index (χ2v) is 5.19. The van der Waals surface area contributed by atoms with Crippen LogP contribution in [-0.2, 0) is 4.74 Å². The summed E-state index contributed by atoms with van der Waals surface area (Å²) in [6.45, 7) is 5.57. The number of nitrogens with zero attached hydrogens (tertiary/aromatic N) is 3. The smallest absolute Gasteiger partial charge is 0.218 e. The number of fused-ring (bicyclic) bond motifs is 1. The third-order valence-corrected chi connectivity index (χ3v) is 3.96. The van der Waals surface area contributed by atoms with Crippen LogP contribution >= 0.6 is 0 Å². The first-order valence-electron chi connectivity index (χ1n) is 7.18. The Morgan fingerprint density at radius 1 is 1.42 bits per heavy atom. The Morgan fingerprint density at radius 2 is 2.37 bits per heavy atom. The summed E-state index contributed by atoms with van der Waals surface area (Å²) in [7, 11) is 0. The van der Waals surface area contributed by atoms with E-state index in [0.29, 0.717) is 24.5 Å². The first kappa shape index (κ1) is 12.7. The molecule has 19 heavy (non-hydrogen) atoms. The van der Waals surface area contributed by atoms with E-state index in [0.717, 1.165) is 31.9 Å². The van der Waals surface area contributed by atoms with Crippen molar-refractivity contribution in [1.82, 2.24) is 9.97 Å². The van der Waals surface area contributed by atoms with Crippen LogP contribution in [0.2, 0.25) is 0 Å². The van der Waals surface area contributed by atoms with Crippen LogP contribution in [0.4, 0.5) is 5.82 Å². The van der Waals surface area contributed by atoms with Gasteiger partial charge in [-0.05, 0) is 26.2 Å². The lowest BCUT2D eigenvalue weighted by molar-refractivity contribution is -0.0358. The summed E-state index contributed by atoms with van der Waals surface area (Å²) in [5.74, 6) is 2.28. The quantitative estimate of drug-likeness (QED) is 0.833. The fraction of sp³-hybridized carbons (Fsp3) is 0.714. The van der Waals surface area contributed by atoms with E-state index in [9.17, 15) is 0 Å². The Bertz CT molecular complexity index is 427. The number of aromatic nitrogens is 2. The molecule has 0 spiro atoms. The Morgan fingerprint density at radius 3 is 3.26 bits per heavy atom. The molecule has 0 saturated carbocycles. The Balaban J connectivity index is 1.70. The van der Waals surface area contributed by atoms with Gasteiger partial charge in [-0.3, -0.25) is 0 Å². The summed E-state index contributed by atoms with van der Waals surface area (Å²) < 4.78 is 11.3. The normalized spacial score (nSPS) is 26.9. The fourth-order valence-electron chi connectivity index (χ4n) is 3.03. The van der Waals surface area contributed by atoms with Gasteiger partial charge in [0.2, 0.25) is 5.88 Å². The summed E-state index contributed by atoms with van der Waals surface area (Å²) in [6.07, 6.45) is 5.59. The van der Waals surface area contributed by atoms with E-state index in [1.54, 1.807) is 6.33 Å². The summed E-state index contributed by atoms with van der Waals surface area (Å²) in [5.41, 5.74) is 0. The third-order valence-electron chi connectivity index (χ3n) is 3.96. The predicted molar refractivity (Wildman–Crippen MR) is 72.5 cm³/mol. The molecule has 2 aliphatic heterocycles. The van der Waals surface area contributed by atoms with Gasteiger partial charge in [0.1, 0.15) is 12.1 Å². The summed E-state index contributed by atoms with van der Waals surface area (Å²) in [6, 6.07) is 1.94. The van der Waals surface area contributed by atoms with E-state index in [1.807, 2.05) is 13.0 Å². The lowest BCUT2D eigenvalue weighted by Crippen LogP contribution is -2.46. The molecular formula is C14H21N3O2. The zero-order chi connectivity index (χ0) is 13.1. The van der Waals surface area contributed by atoms with Crippen LogP contribution < -0.4 is 9.64 Å². The van der Waals surface area contributed by atoms with Crippen molar-refractivity contribution in [1.29, 1.82) is 0 Å². The van der Waals surface area contributed by atoms with Crippen molar-refractivity contribution in [3.63, 3.8) is 0 Å². The van der Waals surface area contributed by atoms with E-state index in [4.69, 9.17) is 9.47 Å². The molecular weight excluding hydrogens is 242 g/mol. The Hall–Kier alpha value is -1.36. The highest BCUT2D eigenvalue weighted by Crippen LogP contribution is 2.30. The highest BCUT2D eigenvalue weighted by atomic mass is 16.5. The van der Waals surface area contributed by atoms with Crippen LogP contribution in [-0.4, -0.2) is 42.4 Å². The van der Waals surface area contributed by atoms with Gasteiger partial charge in [-0.15, -0.1) is 0 Å². The van der Waals surface area contributed by atoms with Gasteiger partial charge in [0.15, 0.2) is 0 Å². The van der Waals surface area contributed by atoms with E-state index < -0.39 is 0 Å². The number of hydrogen-bond acceptors (Lipinski definition) is 5. The van der Waals surface area contributed by atoms with Crippen molar-refractivity contribution in [3.8, 4) is 5.88 Å².